The maximum atomic E-state index is 13.2. The Bertz CT molecular complexity index is 1480. The highest BCUT2D eigenvalue weighted by Gasteiger charge is 2.40. The van der Waals surface area contributed by atoms with E-state index in [9.17, 15) is 19.2 Å². The minimum Gasteiger partial charge on any atom is -0.497 e. The van der Waals surface area contributed by atoms with E-state index in [4.69, 9.17) is 25.8 Å². The molecule has 0 atom stereocenters. The van der Waals surface area contributed by atoms with Crippen LogP contribution in [0.5, 0.6) is 11.5 Å². The van der Waals surface area contributed by atoms with Gasteiger partial charge in [-0.3, -0.25) is 14.4 Å². The van der Waals surface area contributed by atoms with Crippen LogP contribution in [-0.2, 0) is 14.3 Å². The van der Waals surface area contributed by atoms with Crippen molar-refractivity contribution in [1.29, 1.82) is 0 Å². The quantitative estimate of drug-likeness (QED) is 0.294. The van der Waals surface area contributed by atoms with Crippen LogP contribution in [0.2, 0.25) is 0 Å². The summed E-state index contributed by atoms with van der Waals surface area (Å²) in [5, 5.41) is 5.29. The summed E-state index contributed by atoms with van der Waals surface area (Å²) in [6.45, 7) is 1.98. The van der Waals surface area contributed by atoms with Crippen LogP contribution in [0.4, 0.5) is 17.1 Å². The number of imide groups is 1. The van der Waals surface area contributed by atoms with Gasteiger partial charge in [0.1, 0.15) is 22.2 Å². The summed E-state index contributed by atoms with van der Waals surface area (Å²) in [7, 11) is 2.89. The average molecular weight is 550 g/mol. The molecule has 0 radical (unpaired) electrons. The lowest BCUT2D eigenvalue weighted by molar-refractivity contribution is -0.120. The standard InChI is InChI=1S/C28H24ClN3O7/c1-4-39-28(36)16-8-10-18(11-9-16)31-25(33)17-6-5-7-19(14-17)30-24-23(29)26(34)32(27(24)35)21-13-12-20(37-2)15-22(21)38-3/h5-15,30H,4H2,1-3H3,(H,31,33). The van der Waals surface area contributed by atoms with Gasteiger partial charge in [0.25, 0.3) is 17.7 Å². The molecule has 0 spiro atoms. The van der Waals surface area contributed by atoms with Crippen molar-refractivity contribution in [1.82, 2.24) is 0 Å². The predicted molar refractivity (Wildman–Crippen MR) is 145 cm³/mol. The average Bonchev–Trinajstić information content (AvgIpc) is 3.16. The second kappa shape index (κ2) is 11.7. The molecule has 10 nitrogen and oxygen atoms in total. The van der Waals surface area contributed by atoms with E-state index in [0.717, 1.165) is 4.90 Å². The van der Waals surface area contributed by atoms with Crippen LogP contribution in [-0.4, -0.2) is 44.5 Å². The zero-order valence-electron chi connectivity index (χ0n) is 21.2. The maximum Gasteiger partial charge on any atom is 0.338 e. The Morgan fingerprint density at radius 1 is 0.872 bits per heavy atom. The van der Waals surface area contributed by atoms with E-state index < -0.39 is 23.7 Å². The van der Waals surface area contributed by atoms with Crippen molar-refractivity contribution in [3.63, 3.8) is 0 Å². The Balaban J connectivity index is 1.50. The first-order chi connectivity index (χ1) is 18.8. The Hall–Kier alpha value is -4.83. The van der Waals surface area contributed by atoms with E-state index in [0.29, 0.717) is 22.7 Å². The topological polar surface area (TPSA) is 123 Å². The van der Waals surface area contributed by atoms with Gasteiger partial charge in [0.15, 0.2) is 0 Å². The number of nitrogens with one attached hydrogen (secondary N) is 2. The van der Waals surface area contributed by atoms with Gasteiger partial charge in [-0.2, -0.15) is 0 Å². The highest BCUT2D eigenvalue weighted by molar-refractivity contribution is 6.53. The molecule has 11 heteroatoms. The molecule has 0 bridgehead atoms. The number of carbonyl (C=O) groups excluding carboxylic acids is 4. The van der Waals surface area contributed by atoms with Crippen molar-refractivity contribution in [2.45, 2.75) is 6.92 Å². The number of esters is 1. The van der Waals surface area contributed by atoms with E-state index in [-0.39, 0.29) is 34.3 Å². The first kappa shape index (κ1) is 27.2. The molecule has 200 valence electrons. The zero-order valence-corrected chi connectivity index (χ0v) is 22.0. The number of hydrogen-bond donors (Lipinski definition) is 2. The molecule has 3 amide bonds. The lowest BCUT2D eigenvalue weighted by atomic mass is 10.1. The second-order valence-electron chi connectivity index (χ2n) is 8.13. The van der Waals surface area contributed by atoms with E-state index in [1.54, 1.807) is 61.5 Å². The number of carbonyl (C=O) groups is 4. The van der Waals surface area contributed by atoms with Crippen LogP contribution in [0.25, 0.3) is 0 Å². The molecule has 0 aliphatic carbocycles. The van der Waals surface area contributed by atoms with Crippen LogP contribution < -0.4 is 25.0 Å². The van der Waals surface area contributed by atoms with Crippen molar-refractivity contribution in [3.8, 4) is 11.5 Å². The Labute approximate surface area is 229 Å². The Morgan fingerprint density at radius 2 is 1.62 bits per heavy atom. The molecule has 1 aliphatic rings. The lowest BCUT2D eigenvalue weighted by Crippen LogP contribution is -2.32. The molecule has 0 unspecified atom stereocenters. The molecule has 0 saturated heterocycles. The smallest absolute Gasteiger partial charge is 0.338 e. The van der Waals surface area contributed by atoms with Gasteiger partial charge in [-0.15, -0.1) is 0 Å². The Kier molecular flexibility index (Phi) is 8.16. The number of anilines is 3. The molecular weight excluding hydrogens is 526 g/mol. The van der Waals surface area contributed by atoms with Crippen molar-refractivity contribution in [3.05, 3.63) is 88.6 Å². The van der Waals surface area contributed by atoms with Crippen LogP contribution in [0.1, 0.15) is 27.6 Å². The molecule has 0 saturated carbocycles. The number of halogens is 1. The number of hydrogen-bond acceptors (Lipinski definition) is 8. The van der Waals surface area contributed by atoms with Gasteiger partial charge in [-0.1, -0.05) is 17.7 Å². The molecule has 4 rings (SSSR count). The van der Waals surface area contributed by atoms with Crippen LogP contribution >= 0.6 is 11.6 Å². The van der Waals surface area contributed by atoms with Gasteiger partial charge >= 0.3 is 5.97 Å². The second-order valence-corrected chi connectivity index (χ2v) is 8.51. The van der Waals surface area contributed by atoms with Crippen molar-refractivity contribution >= 4 is 52.4 Å². The normalized spacial score (nSPS) is 12.9. The van der Waals surface area contributed by atoms with Crippen molar-refractivity contribution < 1.29 is 33.4 Å². The van der Waals surface area contributed by atoms with Crippen LogP contribution in [0.15, 0.2) is 77.5 Å². The van der Waals surface area contributed by atoms with E-state index in [1.807, 2.05) is 0 Å². The fraction of sp³-hybridized carbons (Fsp3) is 0.143. The molecule has 2 N–H and O–H groups in total. The summed E-state index contributed by atoms with van der Waals surface area (Å²) in [5.74, 6) is -1.57. The number of amides is 3. The number of rotatable bonds is 9. The molecule has 1 heterocycles. The van der Waals surface area contributed by atoms with Gasteiger partial charge in [0.05, 0.1) is 32.1 Å². The third-order valence-electron chi connectivity index (χ3n) is 5.70. The molecule has 1 aliphatic heterocycles. The maximum absolute atomic E-state index is 13.2. The number of methoxy groups -OCH3 is 2. The number of ether oxygens (including phenoxy) is 3. The SMILES string of the molecule is CCOC(=O)c1ccc(NC(=O)c2cccc(NC3=C(Cl)C(=O)N(c4ccc(OC)cc4OC)C3=O)c2)cc1. The summed E-state index contributed by atoms with van der Waals surface area (Å²) in [6, 6.07) is 17.2. The lowest BCUT2D eigenvalue weighted by Gasteiger charge is -2.18. The molecule has 39 heavy (non-hydrogen) atoms. The van der Waals surface area contributed by atoms with Crippen molar-refractivity contribution in [2.24, 2.45) is 0 Å². The van der Waals surface area contributed by atoms with Gasteiger partial charge in [-0.05, 0) is 61.5 Å². The van der Waals surface area contributed by atoms with Gasteiger partial charge in [-0.25, -0.2) is 9.69 Å². The van der Waals surface area contributed by atoms with E-state index >= 15 is 0 Å². The summed E-state index contributed by atoms with van der Waals surface area (Å²) in [4.78, 5) is 51.7. The fourth-order valence-corrected chi connectivity index (χ4v) is 4.00. The molecule has 0 fully saturated rings. The first-order valence-corrected chi connectivity index (χ1v) is 12.1. The third-order valence-corrected chi connectivity index (χ3v) is 6.05. The Morgan fingerprint density at radius 3 is 2.28 bits per heavy atom. The summed E-state index contributed by atoms with van der Waals surface area (Å²) in [6.07, 6.45) is 0. The minimum absolute atomic E-state index is 0.147. The highest BCUT2D eigenvalue weighted by atomic mass is 35.5. The summed E-state index contributed by atoms with van der Waals surface area (Å²) in [5.41, 5.74) is 1.52. The molecule has 0 aromatic heterocycles. The first-order valence-electron chi connectivity index (χ1n) is 11.7. The van der Waals surface area contributed by atoms with Gasteiger partial charge in [0.2, 0.25) is 0 Å². The third kappa shape index (κ3) is 5.70. The predicted octanol–water partition coefficient (Wildman–Crippen LogP) is 4.57. The zero-order chi connectivity index (χ0) is 28.1. The minimum atomic E-state index is -0.729. The number of benzene rings is 3. The fourth-order valence-electron chi connectivity index (χ4n) is 3.79. The van der Waals surface area contributed by atoms with Gasteiger partial charge < -0.3 is 24.8 Å². The van der Waals surface area contributed by atoms with Crippen molar-refractivity contribution in [2.75, 3.05) is 36.4 Å². The number of nitrogens with zero attached hydrogens (tertiary/aromatic N) is 1. The summed E-state index contributed by atoms with van der Waals surface area (Å²) < 4.78 is 15.5. The highest BCUT2D eigenvalue weighted by Crippen LogP contribution is 2.37. The van der Waals surface area contributed by atoms with E-state index in [1.165, 1.54) is 26.4 Å². The largest absolute Gasteiger partial charge is 0.497 e. The van der Waals surface area contributed by atoms with Crippen LogP contribution in [0.3, 0.4) is 0 Å². The van der Waals surface area contributed by atoms with Crippen LogP contribution in [0, 0.1) is 0 Å². The molecular formula is C28H24ClN3O7. The van der Waals surface area contributed by atoms with Gasteiger partial charge in [0, 0.05) is 23.0 Å². The molecule has 3 aromatic rings. The monoisotopic (exact) mass is 549 g/mol. The molecule has 3 aromatic carbocycles. The summed E-state index contributed by atoms with van der Waals surface area (Å²) >= 11 is 6.26. The van der Waals surface area contributed by atoms with E-state index in [2.05, 4.69) is 10.6 Å².